The second-order valence-electron chi connectivity index (χ2n) is 5.40. The molecule has 2 nitrogen and oxygen atoms in total. The van der Waals surface area contributed by atoms with Crippen LogP contribution in [0.3, 0.4) is 0 Å². The Morgan fingerprint density at radius 3 is 2.59 bits per heavy atom. The van der Waals surface area contributed by atoms with E-state index in [-0.39, 0.29) is 0 Å². The molecule has 0 saturated heterocycles. The molecular weight excluding hydrogens is 292 g/mol. The van der Waals surface area contributed by atoms with Crippen molar-refractivity contribution in [2.24, 2.45) is 0 Å². The maximum Gasteiger partial charge on any atom is 0.0499 e. The first-order chi connectivity index (χ1) is 10.8. The van der Waals surface area contributed by atoms with Crippen LogP contribution >= 0.6 is 11.6 Å². The Labute approximate surface area is 134 Å². The average Bonchev–Trinajstić information content (AvgIpc) is 3.19. The summed E-state index contributed by atoms with van der Waals surface area (Å²) in [5, 5.41) is 2.03. The molecule has 0 aliphatic rings. The van der Waals surface area contributed by atoms with Gasteiger partial charge in [0.25, 0.3) is 0 Å². The lowest BCUT2D eigenvalue weighted by molar-refractivity contribution is 1.03. The first-order valence-electron chi connectivity index (χ1n) is 7.28. The number of nitrogens with one attached hydrogen (secondary N) is 1. The first kappa shape index (κ1) is 13.2. The fraction of sp³-hybridized carbons (Fsp3) is 0.0526. The van der Waals surface area contributed by atoms with Gasteiger partial charge in [-0.25, -0.2) is 0 Å². The predicted octanol–water partition coefficient (Wildman–Crippen LogP) is 5.20. The Bertz CT molecular complexity index is 920. The van der Waals surface area contributed by atoms with Gasteiger partial charge in [0.2, 0.25) is 0 Å². The molecule has 0 spiro atoms. The third-order valence-electron chi connectivity index (χ3n) is 3.99. The van der Waals surface area contributed by atoms with Gasteiger partial charge in [-0.2, -0.15) is 0 Å². The van der Waals surface area contributed by atoms with Gasteiger partial charge in [-0.1, -0.05) is 35.9 Å². The van der Waals surface area contributed by atoms with Crippen LogP contribution in [0, 0.1) is 0 Å². The summed E-state index contributed by atoms with van der Waals surface area (Å²) >= 11 is 6.19. The van der Waals surface area contributed by atoms with Gasteiger partial charge in [0, 0.05) is 46.6 Å². The zero-order chi connectivity index (χ0) is 14.9. The topological polar surface area (TPSA) is 20.7 Å². The van der Waals surface area contributed by atoms with E-state index in [0.717, 1.165) is 17.1 Å². The SMILES string of the molecule is Clc1ccc(Cc2c[nH]c3ccccc23)c(-n2cccc2)c1. The number of aromatic nitrogens is 2. The highest BCUT2D eigenvalue weighted by molar-refractivity contribution is 6.30. The summed E-state index contributed by atoms with van der Waals surface area (Å²) in [6.45, 7) is 0. The number of H-pyrrole nitrogens is 1. The van der Waals surface area contributed by atoms with Crippen molar-refractivity contribution in [3.8, 4) is 5.69 Å². The Morgan fingerprint density at radius 1 is 0.909 bits per heavy atom. The quantitative estimate of drug-likeness (QED) is 0.537. The Hall–Kier alpha value is -2.45. The number of hydrogen-bond donors (Lipinski definition) is 1. The van der Waals surface area contributed by atoms with E-state index in [9.17, 15) is 0 Å². The molecular formula is C19H15ClN2. The lowest BCUT2D eigenvalue weighted by atomic mass is 10.0. The minimum absolute atomic E-state index is 0.756. The molecule has 0 amide bonds. The zero-order valence-corrected chi connectivity index (χ0v) is 12.7. The number of rotatable bonds is 3. The maximum absolute atomic E-state index is 6.19. The van der Waals surface area contributed by atoms with Crippen molar-refractivity contribution >= 4 is 22.5 Å². The van der Waals surface area contributed by atoms with Gasteiger partial charge in [-0.05, 0) is 41.5 Å². The molecule has 3 heteroatoms. The maximum atomic E-state index is 6.19. The molecule has 0 unspecified atom stereocenters. The van der Waals surface area contributed by atoms with Crippen LogP contribution in [0.4, 0.5) is 0 Å². The highest BCUT2D eigenvalue weighted by Crippen LogP contribution is 2.26. The number of hydrogen-bond acceptors (Lipinski definition) is 0. The van der Waals surface area contributed by atoms with Crippen molar-refractivity contribution < 1.29 is 0 Å². The van der Waals surface area contributed by atoms with Gasteiger partial charge >= 0.3 is 0 Å². The van der Waals surface area contributed by atoms with Crippen LogP contribution in [0.5, 0.6) is 0 Å². The lowest BCUT2D eigenvalue weighted by Gasteiger charge is -2.11. The monoisotopic (exact) mass is 306 g/mol. The number of fused-ring (bicyclic) bond motifs is 1. The normalized spacial score (nSPS) is 11.1. The largest absolute Gasteiger partial charge is 0.361 e. The fourth-order valence-electron chi connectivity index (χ4n) is 2.91. The molecule has 2 aromatic heterocycles. The summed E-state index contributed by atoms with van der Waals surface area (Å²) in [5.74, 6) is 0. The van der Waals surface area contributed by atoms with Gasteiger partial charge in [0.05, 0.1) is 0 Å². The average molecular weight is 307 g/mol. The molecule has 0 fully saturated rings. The van der Waals surface area contributed by atoms with E-state index < -0.39 is 0 Å². The molecule has 0 bridgehead atoms. The molecule has 0 atom stereocenters. The Kier molecular flexibility index (Phi) is 3.24. The van der Waals surface area contributed by atoms with E-state index >= 15 is 0 Å². The van der Waals surface area contributed by atoms with Crippen LogP contribution in [0.2, 0.25) is 5.02 Å². The van der Waals surface area contributed by atoms with Crippen molar-refractivity contribution in [3.63, 3.8) is 0 Å². The van der Waals surface area contributed by atoms with Gasteiger partial charge in [-0.15, -0.1) is 0 Å². The van der Waals surface area contributed by atoms with E-state index in [1.54, 1.807) is 0 Å². The molecule has 2 heterocycles. The molecule has 0 saturated carbocycles. The summed E-state index contributed by atoms with van der Waals surface area (Å²) in [4.78, 5) is 3.34. The van der Waals surface area contributed by atoms with Gasteiger partial charge in [-0.3, -0.25) is 0 Å². The zero-order valence-electron chi connectivity index (χ0n) is 12.0. The predicted molar refractivity (Wildman–Crippen MR) is 91.9 cm³/mol. The van der Waals surface area contributed by atoms with Crippen molar-refractivity contribution in [1.82, 2.24) is 9.55 Å². The van der Waals surface area contributed by atoms with Crippen LogP contribution in [-0.2, 0) is 6.42 Å². The molecule has 1 N–H and O–H groups in total. The standard InChI is InChI=1S/C19H15ClN2/c20-16-8-7-14(19(12-16)22-9-3-4-10-22)11-15-13-21-18-6-2-1-5-17(15)18/h1-10,12-13,21H,11H2. The number of halogens is 1. The summed E-state index contributed by atoms with van der Waals surface area (Å²) in [6.07, 6.45) is 7.06. The molecule has 2 aromatic carbocycles. The number of para-hydroxylation sites is 1. The Morgan fingerprint density at radius 2 is 1.73 bits per heavy atom. The second-order valence-corrected chi connectivity index (χ2v) is 5.84. The number of nitrogens with zero attached hydrogens (tertiary/aromatic N) is 1. The molecule has 108 valence electrons. The van der Waals surface area contributed by atoms with Gasteiger partial charge in [0.15, 0.2) is 0 Å². The second kappa shape index (κ2) is 5.39. The van der Waals surface area contributed by atoms with E-state index in [1.807, 2.05) is 36.7 Å². The summed E-state index contributed by atoms with van der Waals surface area (Å²) in [7, 11) is 0. The highest BCUT2D eigenvalue weighted by Gasteiger charge is 2.09. The summed E-state index contributed by atoms with van der Waals surface area (Å²) < 4.78 is 2.11. The molecule has 4 rings (SSSR count). The van der Waals surface area contributed by atoms with Crippen LogP contribution in [0.25, 0.3) is 16.6 Å². The summed E-state index contributed by atoms with van der Waals surface area (Å²) in [5.41, 5.74) is 4.86. The molecule has 0 aliphatic carbocycles. The number of benzene rings is 2. The molecule has 0 aliphatic heterocycles. The fourth-order valence-corrected chi connectivity index (χ4v) is 3.07. The lowest BCUT2D eigenvalue weighted by Crippen LogP contribution is -1.98. The molecule has 0 radical (unpaired) electrons. The van der Waals surface area contributed by atoms with Crippen LogP contribution in [0.15, 0.2) is 73.2 Å². The third kappa shape index (κ3) is 2.32. The third-order valence-corrected chi connectivity index (χ3v) is 4.22. The minimum Gasteiger partial charge on any atom is -0.361 e. The van der Waals surface area contributed by atoms with E-state index in [1.165, 1.54) is 22.0 Å². The van der Waals surface area contributed by atoms with Crippen LogP contribution in [-0.4, -0.2) is 9.55 Å². The molecule has 22 heavy (non-hydrogen) atoms. The van der Waals surface area contributed by atoms with Crippen LogP contribution < -0.4 is 0 Å². The van der Waals surface area contributed by atoms with Gasteiger partial charge < -0.3 is 9.55 Å². The number of aromatic amines is 1. The highest BCUT2D eigenvalue weighted by atomic mass is 35.5. The minimum atomic E-state index is 0.756. The van der Waals surface area contributed by atoms with E-state index in [4.69, 9.17) is 11.6 Å². The van der Waals surface area contributed by atoms with E-state index in [0.29, 0.717) is 0 Å². The Balaban J connectivity index is 1.80. The summed E-state index contributed by atoms with van der Waals surface area (Å²) in [6, 6.07) is 18.5. The van der Waals surface area contributed by atoms with Crippen molar-refractivity contribution in [2.75, 3.05) is 0 Å². The van der Waals surface area contributed by atoms with Crippen molar-refractivity contribution in [3.05, 3.63) is 89.3 Å². The van der Waals surface area contributed by atoms with Gasteiger partial charge in [0.1, 0.15) is 0 Å². The molecule has 4 aromatic rings. The van der Waals surface area contributed by atoms with Crippen molar-refractivity contribution in [2.45, 2.75) is 6.42 Å². The smallest absolute Gasteiger partial charge is 0.0499 e. The van der Waals surface area contributed by atoms with Crippen LogP contribution in [0.1, 0.15) is 11.1 Å². The van der Waals surface area contributed by atoms with Crippen molar-refractivity contribution in [1.29, 1.82) is 0 Å². The first-order valence-corrected chi connectivity index (χ1v) is 7.66. The van der Waals surface area contributed by atoms with E-state index in [2.05, 4.69) is 46.1 Å².